The molecule has 0 fully saturated rings. The third-order valence-corrected chi connectivity index (χ3v) is 4.43. The Balaban J connectivity index is 1.67. The molecule has 1 heterocycles. The van der Waals surface area contributed by atoms with Gasteiger partial charge in [-0.3, -0.25) is 9.59 Å². The molecular weight excluding hydrogens is 399 g/mol. The van der Waals surface area contributed by atoms with E-state index in [0.717, 1.165) is 6.07 Å². The SMILES string of the molecule is CN(C(=O)COc1ccc(F)cc1Cl)c1ccccc1C(=O)NCc1ccco1. The summed E-state index contributed by atoms with van der Waals surface area (Å²) in [6, 6.07) is 13.8. The summed E-state index contributed by atoms with van der Waals surface area (Å²) in [6.45, 7) is -0.103. The normalized spacial score (nSPS) is 10.4. The summed E-state index contributed by atoms with van der Waals surface area (Å²) in [7, 11) is 1.54. The van der Waals surface area contributed by atoms with E-state index >= 15 is 0 Å². The molecule has 8 heteroatoms. The van der Waals surface area contributed by atoms with Crippen LogP contribution in [-0.2, 0) is 11.3 Å². The van der Waals surface area contributed by atoms with Crippen molar-refractivity contribution >= 4 is 29.1 Å². The average molecular weight is 417 g/mol. The van der Waals surface area contributed by atoms with Crippen molar-refractivity contribution in [2.45, 2.75) is 6.54 Å². The summed E-state index contributed by atoms with van der Waals surface area (Å²) in [5.74, 6) is -0.444. The maximum Gasteiger partial charge on any atom is 0.264 e. The third-order valence-electron chi connectivity index (χ3n) is 4.13. The number of halogens is 2. The Kier molecular flexibility index (Phi) is 6.51. The minimum Gasteiger partial charge on any atom is -0.482 e. The van der Waals surface area contributed by atoms with Gasteiger partial charge in [-0.2, -0.15) is 0 Å². The van der Waals surface area contributed by atoms with Crippen LogP contribution in [0, 0.1) is 5.82 Å². The van der Waals surface area contributed by atoms with E-state index in [9.17, 15) is 14.0 Å². The lowest BCUT2D eigenvalue weighted by molar-refractivity contribution is -0.120. The molecule has 3 rings (SSSR count). The van der Waals surface area contributed by atoms with E-state index in [2.05, 4.69) is 5.32 Å². The summed E-state index contributed by atoms with van der Waals surface area (Å²) in [5.41, 5.74) is 0.748. The maximum absolute atomic E-state index is 13.1. The van der Waals surface area contributed by atoms with Crippen LogP contribution in [0.1, 0.15) is 16.1 Å². The zero-order chi connectivity index (χ0) is 20.8. The highest BCUT2D eigenvalue weighted by Gasteiger charge is 2.19. The fourth-order valence-corrected chi connectivity index (χ4v) is 2.82. The van der Waals surface area contributed by atoms with E-state index in [4.69, 9.17) is 20.8 Å². The summed E-state index contributed by atoms with van der Waals surface area (Å²) >= 11 is 5.90. The fourth-order valence-electron chi connectivity index (χ4n) is 2.60. The summed E-state index contributed by atoms with van der Waals surface area (Å²) in [6.07, 6.45) is 1.52. The lowest BCUT2D eigenvalue weighted by Gasteiger charge is -2.20. The average Bonchev–Trinajstić information content (AvgIpc) is 3.24. The predicted molar refractivity (Wildman–Crippen MR) is 107 cm³/mol. The van der Waals surface area contributed by atoms with Crippen LogP contribution in [0.4, 0.5) is 10.1 Å². The van der Waals surface area contributed by atoms with Crippen molar-refractivity contribution in [3.05, 3.63) is 83.0 Å². The Morgan fingerprint density at radius 3 is 2.69 bits per heavy atom. The van der Waals surface area contributed by atoms with Gasteiger partial charge < -0.3 is 19.4 Å². The Hall–Kier alpha value is -3.32. The van der Waals surface area contributed by atoms with Gasteiger partial charge in [0, 0.05) is 7.05 Å². The van der Waals surface area contributed by atoms with E-state index < -0.39 is 11.7 Å². The maximum atomic E-state index is 13.1. The predicted octanol–water partition coefficient (Wildman–Crippen LogP) is 4.04. The van der Waals surface area contributed by atoms with Gasteiger partial charge in [0.25, 0.3) is 11.8 Å². The first-order chi connectivity index (χ1) is 14.0. The number of nitrogens with zero attached hydrogens (tertiary/aromatic N) is 1. The minimum atomic E-state index is -0.500. The second-order valence-electron chi connectivity index (χ2n) is 6.10. The molecule has 0 radical (unpaired) electrons. The molecule has 0 aliphatic carbocycles. The monoisotopic (exact) mass is 416 g/mol. The molecule has 150 valence electrons. The molecule has 0 bridgehead atoms. The standard InChI is InChI=1S/C21H18ClFN2O4/c1-25(20(26)13-29-19-9-8-14(23)11-17(19)22)18-7-3-2-6-16(18)21(27)24-12-15-5-4-10-28-15/h2-11H,12-13H2,1H3,(H,24,27). The van der Waals surface area contributed by atoms with Crippen molar-refractivity contribution < 1.29 is 23.1 Å². The van der Waals surface area contributed by atoms with E-state index in [-0.39, 0.29) is 29.8 Å². The lowest BCUT2D eigenvalue weighted by atomic mass is 10.1. The second kappa shape index (κ2) is 9.25. The Labute approximate surface area is 171 Å². The molecule has 29 heavy (non-hydrogen) atoms. The molecule has 0 atom stereocenters. The van der Waals surface area contributed by atoms with Gasteiger partial charge in [0.1, 0.15) is 17.3 Å². The number of furan rings is 1. The van der Waals surface area contributed by atoms with Crippen molar-refractivity contribution in [1.82, 2.24) is 5.32 Å². The molecule has 0 unspecified atom stereocenters. The first-order valence-electron chi connectivity index (χ1n) is 8.69. The highest BCUT2D eigenvalue weighted by molar-refractivity contribution is 6.32. The molecule has 3 aromatic rings. The molecule has 2 aromatic carbocycles. The van der Waals surface area contributed by atoms with Crippen molar-refractivity contribution in [3.63, 3.8) is 0 Å². The van der Waals surface area contributed by atoms with Crippen LogP contribution in [0.2, 0.25) is 5.02 Å². The highest BCUT2D eigenvalue weighted by Crippen LogP contribution is 2.25. The number of rotatable bonds is 7. The molecular formula is C21H18ClFN2O4. The molecule has 0 aliphatic rings. The fraction of sp³-hybridized carbons (Fsp3) is 0.143. The van der Waals surface area contributed by atoms with E-state index in [0.29, 0.717) is 17.0 Å². The van der Waals surface area contributed by atoms with Crippen LogP contribution < -0.4 is 15.0 Å². The highest BCUT2D eigenvalue weighted by atomic mass is 35.5. The Morgan fingerprint density at radius 2 is 1.97 bits per heavy atom. The van der Waals surface area contributed by atoms with Gasteiger partial charge in [-0.1, -0.05) is 23.7 Å². The number of carbonyl (C=O) groups is 2. The molecule has 2 amide bonds. The van der Waals surface area contributed by atoms with E-state index in [1.807, 2.05) is 0 Å². The van der Waals surface area contributed by atoms with Crippen molar-refractivity contribution in [2.75, 3.05) is 18.6 Å². The van der Waals surface area contributed by atoms with Crippen LogP contribution in [0.3, 0.4) is 0 Å². The first kappa shape index (κ1) is 20.4. The van der Waals surface area contributed by atoms with E-state index in [1.54, 1.807) is 36.4 Å². The number of para-hydroxylation sites is 1. The zero-order valence-electron chi connectivity index (χ0n) is 15.5. The minimum absolute atomic E-state index is 0.0677. The number of nitrogens with one attached hydrogen (secondary N) is 1. The number of likely N-dealkylation sites (N-methyl/N-ethyl adjacent to an activating group) is 1. The van der Waals surface area contributed by atoms with Crippen LogP contribution in [0.25, 0.3) is 0 Å². The summed E-state index contributed by atoms with van der Waals surface area (Å²) < 4.78 is 23.7. The van der Waals surface area contributed by atoms with Gasteiger partial charge in [0.15, 0.2) is 6.61 Å². The molecule has 1 N–H and O–H groups in total. The summed E-state index contributed by atoms with van der Waals surface area (Å²) in [5, 5.41) is 2.82. The van der Waals surface area contributed by atoms with Crippen LogP contribution in [-0.4, -0.2) is 25.5 Å². The Bertz CT molecular complexity index is 1010. The molecule has 0 saturated carbocycles. The largest absolute Gasteiger partial charge is 0.482 e. The smallest absolute Gasteiger partial charge is 0.264 e. The van der Waals surface area contributed by atoms with Crippen molar-refractivity contribution in [1.29, 1.82) is 0 Å². The summed E-state index contributed by atoms with van der Waals surface area (Å²) in [4.78, 5) is 26.4. The zero-order valence-corrected chi connectivity index (χ0v) is 16.3. The molecule has 0 saturated heterocycles. The lowest BCUT2D eigenvalue weighted by Crippen LogP contribution is -2.33. The number of amides is 2. The number of hydrogen-bond donors (Lipinski definition) is 1. The number of ether oxygens (including phenoxy) is 1. The number of hydrogen-bond acceptors (Lipinski definition) is 4. The van der Waals surface area contributed by atoms with Gasteiger partial charge in [-0.05, 0) is 42.5 Å². The number of anilines is 1. The third kappa shape index (κ3) is 5.14. The van der Waals surface area contributed by atoms with Crippen LogP contribution >= 0.6 is 11.6 Å². The number of carbonyl (C=O) groups excluding carboxylic acids is 2. The van der Waals surface area contributed by atoms with Gasteiger partial charge >= 0.3 is 0 Å². The van der Waals surface area contributed by atoms with Gasteiger partial charge in [0.05, 0.1) is 29.1 Å². The Morgan fingerprint density at radius 1 is 1.17 bits per heavy atom. The molecule has 6 nitrogen and oxygen atoms in total. The molecule has 0 spiro atoms. The van der Waals surface area contributed by atoms with Crippen LogP contribution in [0.15, 0.2) is 65.3 Å². The number of benzene rings is 2. The van der Waals surface area contributed by atoms with Gasteiger partial charge in [0.2, 0.25) is 0 Å². The molecule has 1 aromatic heterocycles. The quantitative estimate of drug-likeness (QED) is 0.631. The van der Waals surface area contributed by atoms with Gasteiger partial charge in [-0.15, -0.1) is 0 Å². The van der Waals surface area contributed by atoms with E-state index in [1.165, 1.54) is 30.3 Å². The molecule has 0 aliphatic heterocycles. The first-order valence-corrected chi connectivity index (χ1v) is 9.07. The van der Waals surface area contributed by atoms with Crippen molar-refractivity contribution in [3.8, 4) is 5.75 Å². The topological polar surface area (TPSA) is 71.8 Å². The van der Waals surface area contributed by atoms with Crippen LogP contribution in [0.5, 0.6) is 5.75 Å². The van der Waals surface area contributed by atoms with Crippen molar-refractivity contribution in [2.24, 2.45) is 0 Å². The second-order valence-corrected chi connectivity index (χ2v) is 6.50. The van der Waals surface area contributed by atoms with Gasteiger partial charge in [-0.25, -0.2) is 4.39 Å².